The van der Waals surface area contributed by atoms with Crippen LogP contribution in [0.15, 0.2) is 41.3 Å². The van der Waals surface area contributed by atoms with Crippen LogP contribution in [-0.2, 0) is 10.0 Å². The molecule has 1 saturated carbocycles. The Morgan fingerprint density at radius 1 is 1.07 bits per heavy atom. The number of sulfonamides is 1. The van der Waals surface area contributed by atoms with E-state index in [0.29, 0.717) is 10.0 Å². The predicted molar refractivity (Wildman–Crippen MR) is 113 cm³/mol. The summed E-state index contributed by atoms with van der Waals surface area (Å²) >= 11 is 11.8. The van der Waals surface area contributed by atoms with Gasteiger partial charge in [-0.25, -0.2) is 17.5 Å². The van der Waals surface area contributed by atoms with E-state index in [4.69, 9.17) is 23.2 Å². The van der Waals surface area contributed by atoms with E-state index in [9.17, 15) is 17.6 Å². The van der Waals surface area contributed by atoms with Crippen molar-refractivity contribution >= 4 is 44.8 Å². The van der Waals surface area contributed by atoms with Gasteiger partial charge in [0.25, 0.3) is 5.91 Å². The number of carbonyl (C=O) groups excluding carboxylic acids is 1. The van der Waals surface area contributed by atoms with Crippen molar-refractivity contribution in [2.24, 2.45) is 5.92 Å². The van der Waals surface area contributed by atoms with Crippen LogP contribution in [0.1, 0.15) is 43.0 Å². The first-order valence-electron chi connectivity index (χ1n) is 9.25. The van der Waals surface area contributed by atoms with Crippen LogP contribution in [0, 0.1) is 11.7 Å². The highest BCUT2D eigenvalue weighted by atomic mass is 35.5. The van der Waals surface area contributed by atoms with Crippen molar-refractivity contribution in [3.8, 4) is 0 Å². The highest BCUT2D eigenvalue weighted by molar-refractivity contribution is 7.89. The van der Waals surface area contributed by atoms with E-state index in [2.05, 4.69) is 10.0 Å². The lowest BCUT2D eigenvalue weighted by Gasteiger charge is -2.29. The molecule has 2 atom stereocenters. The maximum Gasteiger partial charge on any atom is 0.258 e. The number of halogens is 3. The summed E-state index contributed by atoms with van der Waals surface area (Å²) in [6, 6.07) is 7.38. The lowest BCUT2D eigenvalue weighted by Crippen LogP contribution is -2.41. The molecule has 1 amide bonds. The van der Waals surface area contributed by atoms with Crippen molar-refractivity contribution in [2.45, 2.75) is 43.5 Å². The molecule has 0 unspecified atom stereocenters. The Bertz CT molecular complexity index is 1010. The Morgan fingerprint density at radius 2 is 1.72 bits per heavy atom. The molecular weight excluding hydrogens is 438 g/mol. The van der Waals surface area contributed by atoms with E-state index in [1.165, 1.54) is 18.2 Å². The molecule has 0 bridgehead atoms. The minimum absolute atomic E-state index is 0.161. The number of amides is 1. The number of anilines is 1. The van der Waals surface area contributed by atoms with Gasteiger partial charge in [-0.1, -0.05) is 43.0 Å². The van der Waals surface area contributed by atoms with Crippen LogP contribution in [0.25, 0.3) is 0 Å². The molecule has 1 aliphatic rings. The van der Waals surface area contributed by atoms with Crippen LogP contribution < -0.4 is 10.0 Å². The second-order valence-electron chi connectivity index (χ2n) is 7.24. The zero-order chi connectivity index (χ0) is 21.2. The molecule has 1 aliphatic carbocycles. The van der Waals surface area contributed by atoms with Gasteiger partial charge in [-0.2, -0.15) is 0 Å². The highest BCUT2D eigenvalue weighted by Gasteiger charge is 2.27. The number of nitrogens with one attached hydrogen (secondary N) is 2. The number of rotatable bonds is 5. The fourth-order valence-electron chi connectivity index (χ4n) is 3.43. The van der Waals surface area contributed by atoms with Gasteiger partial charge >= 0.3 is 0 Å². The van der Waals surface area contributed by atoms with Gasteiger partial charge < -0.3 is 5.32 Å². The van der Waals surface area contributed by atoms with E-state index in [-0.39, 0.29) is 28.1 Å². The van der Waals surface area contributed by atoms with E-state index in [0.717, 1.165) is 43.9 Å². The van der Waals surface area contributed by atoms with E-state index in [1.54, 1.807) is 0 Å². The van der Waals surface area contributed by atoms with Crippen LogP contribution >= 0.6 is 23.2 Å². The lowest BCUT2D eigenvalue weighted by atomic mass is 9.87. The summed E-state index contributed by atoms with van der Waals surface area (Å²) in [5, 5.41) is 3.09. The summed E-state index contributed by atoms with van der Waals surface area (Å²) in [4.78, 5) is 12.4. The van der Waals surface area contributed by atoms with Gasteiger partial charge in [0.2, 0.25) is 10.0 Å². The Kier molecular flexibility index (Phi) is 6.83. The Morgan fingerprint density at radius 3 is 2.38 bits per heavy atom. The smallest absolute Gasteiger partial charge is 0.258 e. The average molecular weight is 459 g/mol. The van der Waals surface area contributed by atoms with Crippen LogP contribution in [-0.4, -0.2) is 20.4 Å². The Balaban J connectivity index is 1.84. The standard InChI is InChI=1S/C20H21Cl2FN2O3S/c1-12-4-2-3-5-19(12)25-29(27,28)16-6-7-18(23)17(11-16)20(26)24-15-9-13(21)8-14(22)10-15/h6-12,19,25H,2-5H2,1H3,(H,24,26)/t12-,19-/m0/s1. The second kappa shape index (κ2) is 9.00. The molecular formula is C20H21Cl2FN2O3S. The third-order valence-electron chi connectivity index (χ3n) is 5.03. The molecule has 2 aromatic rings. The topological polar surface area (TPSA) is 75.3 Å². The number of hydrogen-bond donors (Lipinski definition) is 2. The van der Waals surface area contributed by atoms with E-state index < -0.39 is 21.7 Å². The summed E-state index contributed by atoms with van der Waals surface area (Å²) in [6.07, 6.45) is 3.74. The molecule has 156 valence electrons. The molecule has 5 nitrogen and oxygen atoms in total. The normalized spacial score (nSPS) is 19.7. The molecule has 9 heteroatoms. The first-order valence-corrected chi connectivity index (χ1v) is 11.5. The van der Waals surface area contributed by atoms with Gasteiger partial charge in [0, 0.05) is 21.8 Å². The molecule has 3 rings (SSSR count). The highest BCUT2D eigenvalue weighted by Crippen LogP contribution is 2.26. The first kappa shape index (κ1) is 22.0. The first-order chi connectivity index (χ1) is 13.7. The molecule has 1 fully saturated rings. The SMILES string of the molecule is C[C@H]1CCCC[C@@H]1NS(=O)(=O)c1ccc(F)c(C(=O)Nc2cc(Cl)cc(Cl)c2)c1. The van der Waals surface area contributed by atoms with Crippen LogP contribution in [0.3, 0.4) is 0 Å². The van der Waals surface area contributed by atoms with Gasteiger partial charge in [-0.05, 0) is 55.2 Å². The minimum Gasteiger partial charge on any atom is -0.322 e. The van der Waals surface area contributed by atoms with Crippen LogP contribution in [0.5, 0.6) is 0 Å². The Hall–Kier alpha value is -1.67. The third kappa shape index (κ3) is 5.48. The summed E-state index contributed by atoms with van der Waals surface area (Å²) in [5.74, 6) is -1.42. The average Bonchev–Trinajstić information content (AvgIpc) is 2.62. The van der Waals surface area contributed by atoms with Crippen molar-refractivity contribution in [1.29, 1.82) is 0 Å². The molecule has 0 radical (unpaired) electrons. The fourth-order valence-corrected chi connectivity index (χ4v) is 5.36. The summed E-state index contributed by atoms with van der Waals surface area (Å²) in [7, 11) is -3.89. The van der Waals surface area contributed by atoms with Gasteiger partial charge in [0.15, 0.2) is 0 Å². The number of hydrogen-bond acceptors (Lipinski definition) is 3. The van der Waals surface area contributed by atoms with Gasteiger partial charge in [0.1, 0.15) is 5.82 Å². The predicted octanol–water partition coefficient (Wildman–Crippen LogP) is 5.24. The molecule has 0 spiro atoms. The Labute approximate surface area is 179 Å². The quantitative estimate of drug-likeness (QED) is 0.642. The third-order valence-corrected chi connectivity index (χ3v) is 6.96. The minimum atomic E-state index is -3.89. The van der Waals surface area contributed by atoms with Crippen molar-refractivity contribution in [2.75, 3.05) is 5.32 Å². The fraction of sp³-hybridized carbons (Fsp3) is 0.350. The molecule has 0 heterocycles. The lowest BCUT2D eigenvalue weighted by molar-refractivity contribution is 0.102. The van der Waals surface area contributed by atoms with E-state index >= 15 is 0 Å². The monoisotopic (exact) mass is 458 g/mol. The van der Waals surface area contributed by atoms with Gasteiger partial charge in [-0.3, -0.25) is 4.79 Å². The summed E-state index contributed by atoms with van der Waals surface area (Å²) in [6.45, 7) is 2.01. The van der Waals surface area contributed by atoms with Gasteiger partial charge in [-0.15, -0.1) is 0 Å². The molecule has 0 saturated heterocycles. The molecule has 2 N–H and O–H groups in total. The summed E-state index contributed by atoms with van der Waals surface area (Å²) in [5.41, 5.74) is -0.116. The largest absolute Gasteiger partial charge is 0.322 e. The zero-order valence-electron chi connectivity index (χ0n) is 15.7. The molecule has 0 aromatic heterocycles. The van der Waals surface area contributed by atoms with Crippen molar-refractivity contribution in [3.05, 3.63) is 57.8 Å². The number of benzene rings is 2. The van der Waals surface area contributed by atoms with Crippen LogP contribution in [0.4, 0.5) is 10.1 Å². The molecule has 2 aromatic carbocycles. The summed E-state index contributed by atoms with van der Waals surface area (Å²) < 4.78 is 42.5. The van der Waals surface area contributed by atoms with Crippen molar-refractivity contribution in [3.63, 3.8) is 0 Å². The molecule has 0 aliphatic heterocycles. The van der Waals surface area contributed by atoms with Crippen molar-refractivity contribution < 1.29 is 17.6 Å². The maximum atomic E-state index is 14.3. The van der Waals surface area contributed by atoms with Gasteiger partial charge in [0.05, 0.1) is 10.5 Å². The molecule has 29 heavy (non-hydrogen) atoms. The number of carbonyl (C=O) groups is 1. The zero-order valence-corrected chi connectivity index (χ0v) is 18.0. The van der Waals surface area contributed by atoms with Crippen molar-refractivity contribution in [1.82, 2.24) is 4.72 Å². The second-order valence-corrected chi connectivity index (χ2v) is 9.83. The van der Waals surface area contributed by atoms with E-state index in [1.807, 2.05) is 6.92 Å². The van der Waals surface area contributed by atoms with Crippen LogP contribution in [0.2, 0.25) is 10.0 Å². The maximum absolute atomic E-state index is 14.3.